The molecule has 0 bridgehead atoms. The number of thioether (sulfide) groups is 1. The molecule has 19 heavy (non-hydrogen) atoms. The number of carbonyl (C=O) groups is 1. The lowest BCUT2D eigenvalue weighted by molar-refractivity contribution is -0.121. The number of aliphatic hydroxyl groups excluding tert-OH is 1. The van der Waals surface area contributed by atoms with Crippen molar-refractivity contribution in [3.8, 4) is 0 Å². The van der Waals surface area contributed by atoms with Gasteiger partial charge in [0.25, 0.3) is 0 Å². The maximum absolute atomic E-state index is 11.7. The van der Waals surface area contributed by atoms with E-state index in [0.29, 0.717) is 19.4 Å². The molecule has 0 aromatic heterocycles. The van der Waals surface area contributed by atoms with Crippen molar-refractivity contribution in [1.29, 1.82) is 0 Å². The summed E-state index contributed by atoms with van der Waals surface area (Å²) in [4.78, 5) is 12.9. The first-order chi connectivity index (χ1) is 9.26. The van der Waals surface area contributed by atoms with Crippen LogP contribution in [0.5, 0.6) is 0 Å². The Labute approximate surface area is 118 Å². The summed E-state index contributed by atoms with van der Waals surface area (Å²) in [6.07, 6.45) is 0.983. The van der Waals surface area contributed by atoms with E-state index in [2.05, 4.69) is 5.32 Å². The molecule has 1 atom stereocenters. The van der Waals surface area contributed by atoms with Crippen molar-refractivity contribution in [1.82, 2.24) is 5.32 Å². The van der Waals surface area contributed by atoms with Crippen LogP contribution in [0.2, 0.25) is 0 Å². The molecule has 1 aromatic carbocycles. The van der Waals surface area contributed by atoms with Gasteiger partial charge < -0.3 is 15.2 Å². The van der Waals surface area contributed by atoms with Gasteiger partial charge in [0.1, 0.15) is 0 Å². The predicted octanol–water partition coefficient (Wildman–Crippen LogP) is 1.68. The zero-order valence-electron chi connectivity index (χ0n) is 11.2. The normalized spacial score (nSPS) is 12.1. The van der Waals surface area contributed by atoms with Crippen molar-refractivity contribution in [2.75, 3.05) is 26.1 Å². The number of hydrogen-bond donors (Lipinski definition) is 2. The topological polar surface area (TPSA) is 58.6 Å². The molecule has 0 saturated heterocycles. The Kier molecular flexibility index (Phi) is 8.29. The van der Waals surface area contributed by atoms with E-state index in [1.807, 2.05) is 30.3 Å². The highest BCUT2D eigenvalue weighted by Crippen LogP contribution is 2.17. The molecule has 1 aromatic rings. The molecule has 1 amide bonds. The Morgan fingerprint density at radius 1 is 1.42 bits per heavy atom. The number of ether oxygens (including phenoxy) is 1. The Hall–Kier alpha value is -1.04. The van der Waals surface area contributed by atoms with Gasteiger partial charge >= 0.3 is 0 Å². The third-order valence-corrected chi connectivity index (χ3v) is 3.57. The average Bonchev–Trinajstić information content (AvgIpc) is 2.40. The number of nitrogens with one attached hydrogen (secondary N) is 1. The van der Waals surface area contributed by atoms with Crippen LogP contribution in [0.1, 0.15) is 12.8 Å². The van der Waals surface area contributed by atoms with E-state index < -0.39 is 0 Å². The van der Waals surface area contributed by atoms with Gasteiger partial charge in [-0.25, -0.2) is 0 Å². The van der Waals surface area contributed by atoms with E-state index in [9.17, 15) is 4.79 Å². The van der Waals surface area contributed by atoms with Crippen LogP contribution in [-0.2, 0) is 9.53 Å². The highest BCUT2D eigenvalue weighted by Gasteiger charge is 2.11. The average molecular weight is 283 g/mol. The monoisotopic (exact) mass is 283 g/mol. The zero-order chi connectivity index (χ0) is 13.9. The number of amides is 1. The Morgan fingerprint density at radius 2 is 2.16 bits per heavy atom. The first-order valence-electron chi connectivity index (χ1n) is 6.33. The second-order valence-corrected chi connectivity index (χ2v) is 5.31. The molecule has 106 valence electrons. The first-order valence-corrected chi connectivity index (χ1v) is 7.32. The summed E-state index contributed by atoms with van der Waals surface area (Å²) < 4.78 is 5.00. The molecule has 0 heterocycles. The van der Waals surface area contributed by atoms with Crippen molar-refractivity contribution < 1.29 is 14.6 Å². The second-order valence-electron chi connectivity index (χ2n) is 4.14. The van der Waals surface area contributed by atoms with Crippen molar-refractivity contribution in [2.24, 2.45) is 0 Å². The number of rotatable bonds is 9. The van der Waals surface area contributed by atoms with Crippen LogP contribution >= 0.6 is 11.8 Å². The molecule has 2 N–H and O–H groups in total. The fourth-order valence-corrected chi connectivity index (χ4v) is 2.51. The number of carbonyl (C=O) groups excluding carboxylic acids is 1. The van der Waals surface area contributed by atoms with Crippen LogP contribution in [-0.4, -0.2) is 43.1 Å². The Morgan fingerprint density at radius 3 is 2.79 bits per heavy atom. The molecule has 5 heteroatoms. The van der Waals surface area contributed by atoms with Gasteiger partial charge in [0.2, 0.25) is 5.91 Å². The summed E-state index contributed by atoms with van der Waals surface area (Å²) in [5, 5.41) is 11.8. The highest BCUT2D eigenvalue weighted by atomic mass is 32.2. The molecule has 1 rings (SSSR count). The van der Waals surface area contributed by atoms with E-state index in [1.54, 1.807) is 18.9 Å². The lowest BCUT2D eigenvalue weighted by atomic mass is 10.2. The number of methoxy groups -OCH3 is 1. The van der Waals surface area contributed by atoms with Gasteiger partial charge in [-0.1, -0.05) is 18.2 Å². The van der Waals surface area contributed by atoms with Gasteiger partial charge in [-0.2, -0.15) is 0 Å². The smallest absolute Gasteiger partial charge is 0.221 e. The molecule has 0 spiro atoms. The summed E-state index contributed by atoms with van der Waals surface area (Å²) in [5.74, 6) is 0.744. The van der Waals surface area contributed by atoms with Crippen molar-refractivity contribution in [3.63, 3.8) is 0 Å². The summed E-state index contributed by atoms with van der Waals surface area (Å²) >= 11 is 1.66. The molecule has 4 nitrogen and oxygen atoms in total. The Balaban J connectivity index is 2.23. The van der Waals surface area contributed by atoms with Gasteiger partial charge in [-0.3, -0.25) is 4.79 Å². The molecule has 0 aliphatic rings. The van der Waals surface area contributed by atoms with Gasteiger partial charge in [-0.05, 0) is 18.6 Å². The van der Waals surface area contributed by atoms with Crippen LogP contribution < -0.4 is 5.32 Å². The van der Waals surface area contributed by atoms with Gasteiger partial charge in [0, 0.05) is 30.8 Å². The fourth-order valence-electron chi connectivity index (χ4n) is 1.63. The number of hydrogen-bond acceptors (Lipinski definition) is 4. The van der Waals surface area contributed by atoms with Crippen LogP contribution in [0.25, 0.3) is 0 Å². The molecule has 0 aliphatic carbocycles. The molecular formula is C14H21NO3S. The van der Waals surface area contributed by atoms with Crippen molar-refractivity contribution >= 4 is 17.7 Å². The van der Waals surface area contributed by atoms with E-state index in [0.717, 1.165) is 5.75 Å². The van der Waals surface area contributed by atoms with Crippen LogP contribution in [0.15, 0.2) is 35.2 Å². The highest BCUT2D eigenvalue weighted by molar-refractivity contribution is 7.99. The van der Waals surface area contributed by atoms with Crippen LogP contribution in [0, 0.1) is 0 Å². The molecular weight excluding hydrogens is 262 g/mol. The van der Waals surface area contributed by atoms with Crippen molar-refractivity contribution in [3.05, 3.63) is 30.3 Å². The Bertz CT molecular complexity index is 353. The zero-order valence-corrected chi connectivity index (χ0v) is 12.0. The van der Waals surface area contributed by atoms with Crippen LogP contribution in [0.4, 0.5) is 0 Å². The molecule has 0 radical (unpaired) electrons. The number of aliphatic hydroxyl groups is 1. The van der Waals surface area contributed by atoms with Gasteiger partial charge in [0.05, 0.1) is 12.6 Å². The summed E-state index contributed by atoms with van der Waals surface area (Å²) in [5.41, 5.74) is 0. The SMILES string of the molecule is COCC(CCO)NC(=O)CCSc1ccccc1. The fraction of sp³-hybridized carbons (Fsp3) is 0.500. The van der Waals surface area contributed by atoms with Crippen LogP contribution in [0.3, 0.4) is 0 Å². The minimum Gasteiger partial charge on any atom is -0.396 e. The summed E-state index contributed by atoms with van der Waals surface area (Å²) in [6, 6.07) is 9.89. The largest absolute Gasteiger partial charge is 0.396 e. The minimum atomic E-state index is -0.107. The van der Waals surface area contributed by atoms with Crippen molar-refractivity contribution in [2.45, 2.75) is 23.8 Å². The maximum atomic E-state index is 11.7. The summed E-state index contributed by atoms with van der Waals surface area (Å²) in [7, 11) is 1.59. The van der Waals surface area contributed by atoms with E-state index in [1.165, 1.54) is 4.90 Å². The standard InChI is InChI=1S/C14H21NO3S/c1-18-11-12(7-9-16)15-14(17)8-10-19-13-5-3-2-4-6-13/h2-6,12,16H,7-11H2,1H3,(H,15,17). The number of benzene rings is 1. The minimum absolute atomic E-state index is 0.000990. The first kappa shape index (κ1) is 16.0. The third kappa shape index (κ3) is 7.20. The molecule has 0 saturated carbocycles. The molecule has 0 aliphatic heterocycles. The lowest BCUT2D eigenvalue weighted by Gasteiger charge is -2.16. The quantitative estimate of drug-likeness (QED) is 0.677. The molecule has 0 fully saturated rings. The maximum Gasteiger partial charge on any atom is 0.221 e. The summed E-state index contributed by atoms with van der Waals surface area (Å²) in [6.45, 7) is 0.477. The van der Waals surface area contributed by atoms with E-state index >= 15 is 0 Å². The molecule has 1 unspecified atom stereocenters. The van der Waals surface area contributed by atoms with E-state index in [4.69, 9.17) is 9.84 Å². The third-order valence-electron chi connectivity index (χ3n) is 2.55. The second kappa shape index (κ2) is 9.83. The lowest BCUT2D eigenvalue weighted by Crippen LogP contribution is -2.38. The van der Waals surface area contributed by atoms with Gasteiger partial charge in [-0.15, -0.1) is 11.8 Å². The van der Waals surface area contributed by atoms with E-state index in [-0.39, 0.29) is 18.6 Å². The van der Waals surface area contributed by atoms with Gasteiger partial charge in [0.15, 0.2) is 0 Å². The predicted molar refractivity (Wildman–Crippen MR) is 77.3 cm³/mol.